The summed E-state index contributed by atoms with van der Waals surface area (Å²) in [5.41, 5.74) is 3.85. The Balaban J connectivity index is 2.06. The third-order valence-corrected chi connectivity index (χ3v) is 4.39. The van der Waals surface area contributed by atoms with Gasteiger partial charge in [0, 0.05) is 23.1 Å². The van der Waals surface area contributed by atoms with Crippen LogP contribution in [0.3, 0.4) is 0 Å². The lowest BCUT2D eigenvalue weighted by Gasteiger charge is -2.14. The van der Waals surface area contributed by atoms with Crippen molar-refractivity contribution in [2.75, 3.05) is 0 Å². The third kappa shape index (κ3) is 4.24. The molecule has 0 unspecified atom stereocenters. The van der Waals surface area contributed by atoms with Crippen molar-refractivity contribution in [1.82, 2.24) is 0 Å². The van der Waals surface area contributed by atoms with Gasteiger partial charge in [-0.25, -0.2) is 0 Å². The van der Waals surface area contributed by atoms with E-state index in [2.05, 4.69) is 11.8 Å². The molecule has 2 aromatic rings. The predicted octanol–water partition coefficient (Wildman–Crippen LogP) is 5.42. The van der Waals surface area contributed by atoms with Crippen LogP contribution in [-0.4, -0.2) is 5.78 Å². The van der Waals surface area contributed by atoms with Crippen molar-refractivity contribution in [2.24, 2.45) is 0 Å². The molecule has 0 radical (unpaired) electrons. The summed E-state index contributed by atoms with van der Waals surface area (Å²) in [6.45, 7) is 0. The van der Waals surface area contributed by atoms with Crippen LogP contribution < -0.4 is 0 Å². The molecule has 24 heavy (non-hydrogen) atoms. The molecular formula is C23H22O. The van der Waals surface area contributed by atoms with E-state index in [9.17, 15) is 4.79 Å². The summed E-state index contributed by atoms with van der Waals surface area (Å²) in [4.78, 5) is 12.7. The maximum absolute atomic E-state index is 12.7. The Bertz CT molecular complexity index is 773. The average molecular weight is 314 g/mol. The average Bonchev–Trinajstić information content (AvgIpc) is 2.62. The van der Waals surface area contributed by atoms with Gasteiger partial charge in [-0.1, -0.05) is 73.2 Å². The zero-order chi connectivity index (χ0) is 16.6. The summed E-state index contributed by atoms with van der Waals surface area (Å²) < 4.78 is 0. The molecule has 0 aromatic heterocycles. The van der Waals surface area contributed by atoms with Gasteiger partial charge in [-0.05, 0) is 37.0 Å². The van der Waals surface area contributed by atoms with Crippen LogP contribution in [0, 0.1) is 11.8 Å². The Morgan fingerprint density at radius 2 is 1.38 bits per heavy atom. The van der Waals surface area contributed by atoms with Gasteiger partial charge >= 0.3 is 0 Å². The Kier molecular flexibility index (Phi) is 5.64. The molecule has 0 atom stereocenters. The molecule has 1 saturated carbocycles. The fourth-order valence-electron chi connectivity index (χ4n) is 3.08. The number of allylic oxidation sites excluding steroid dienone is 2. The van der Waals surface area contributed by atoms with E-state index in [-0.39, 0.29) is 5.78 Å². The van der Waals surface area contributed by atoms with Crippen LogP contribution in [0.4, 0.5) is 0 Å². The van der Waals surface area contributed by atoms with Crippen LogP contribution in [0.5, 0.6) is 0 Å². The lowest BCUT2D eigenvalue weighted by molar-refractivity contribution is -0.115. The van der Waals surface area contributed by atoms with Gasteiger partial charge in [0.15, 0.2) is 5.78 Å². The van der Waals surface area contributed by atoms with Gasteiger partial charge < -0.3 is 0 Å². The molecule has 1 aliphatic carbocycles. The molecule has 1 heteroatoms. The number of carbonyl (C=O) groups excluding carboxylic acids is 1. The maximum atomic E-state index is 12.7. The van der Waals surface area contributed by atoms with Crippen molar-refractivity contribution in [3.8, 4) is 11.8 Å². The van der Waals surface area contributed by atoms with Crippen molar-refractivity contribution in [2.45, 2.75) is 38.5 Å². The largest absolute Gasteiger partial charge is 0.295 e. The molecule has 0 bridgehead atoms. The highest BCUT2D eigenvalue weighted by molar-refractivity contribution is 6.05. The predicted molar refractivity (Wildman–Crippen MR) is 99.4 cm³/mol. The second-order valence-corrected chi connectivity index (χ2v) is 6.17. The lowest BCUT2D eigenvalue weighted by atomic mass is 9.89. The first-order valence-electron chi connectivity index (χ1n) is 8.73. The summed E-state index contributed by atoms with van der Waals surface area (Å²) in [5.74, 6) is 6.82. The molecule has 120 valence electrons. The SMILES string of the molecule is O=C1CCCCCC/C1=C(/C#Cc1ccccc1)c1ccccc1. The molecule has 0 aliphatic heterocycles. The van der Waals surface area contributed by atoms with Crippen LogP contribution in [0.15, 0.2) is 66.2 Å². The molecule has 0 N–H and O–H groups in total. The summed E-state index contributed by atoms with van der Waals surface area (Å²) in [7, 11) is 0. The summed E-state index contributed by atoms with van der Waals surface area (Å²) in [5, 5.41) is 0. The molecule has 0 amide bonds. The van der Waals surface area contributed by atoms with Crippen molar-refractivity contribution >= 4 is 11.4 Å². The zero-order valence-electron chi connectivity index (χ0n) is 13.9. The normalized spacial score (nSPS) is 17.2. The Morgan fingerprint density at radius 3 is 2.08 bits per heavy atom. The minimum Gasteiger partial charge on any atom is -0.295 e. The highest BCUT2D eigenvalue weighted by Crippen LogP contribution is 2.27. The van der Waals surface area contributed by atoms with Crippen LogP contribution in [0.1, 0.15) is 49.7 Å². The number of hydrogen-bond donors (Lipinski definition) is 0. The van der Waals surface area contributed by atoms with E-state index in [0.29, 0.717) is 6.42 Å². The summed E-state index contributed by atoms with van der Waals surface area (Å²) in [6, 6.07) is 20.1. The Morgan fingerprint density at radius 1 is 0.750 bits per heavy atom. The lowest BCUT2D eigenvalue weighted by Crippen LogP contribution is -2.08. The van der Waals surface area contributed by atoms with Gasteiger partial charge in [-0.3, -0.25) is 4.79 Å². The van der Waals surface area contributed by atoms with Crippen molar-refractivity contribution in [1.29, 1.82) is 0 Å². The molecule has 3 rings (SSSR count). The quantitative estimate of drug-likeness (QED) is 0.508. The highest BCUT2D eigenvalue weighted by Gasteiger charge is 2.17. The molecular weight excluding hydrogens is 292 g/mol. The van der Waals surface area contributed by atoms with E-state index in [1.165, 1.54) is 6.42 Å². The van der Waals surface area contributed by atoms with Crippen molar-refractivity contribution in [3.63, 3.8) is 0 Å². The first-order chi connectivity index (χ1) is 11.8. The van der Waals surface area contributed by atoms with Gasteiger partial charge in [0.25, 0.3) is 0 Å². The maximum Gasteiger partial charge on any atom is 0.160 e. The van der Waals surface area contributed by atoms with Gasteiger partial charge in [0.1, 0.15) is 0 Å². The topological polar surface area (TPSA) is 17.1 Å². The molecule has 0 heterocycles. The highest BCUT2D eigenvalue weighted by atomic mass is 16.1. The Labute approximate surface area is 144 Å². The van der Waals surface area contributed by atoms with Gasteiger partial charge in [0.05, 0.1) is 0 Å². The molecule has 1 nitrogen and oxygen atoms in total. The number of benzene rings is 2. The molecule has 2 aromatic carbocycles. The fourth-order valence-corrected chi connectivity index (χ4v) is 3.08. The minimum atomic E-state index is 0.274. The second-order valence-electron chi connectivity index (χ2n) is 6.17. The standard InChI is InChI=1S/C23H22O/c24-23-16-10-2-1-9-15-22(23)21(20-13-7-4-8-14-20)18-17-19-11-5-3-6-12-19/h3-8,11-14H,1-2,9-10,15-16H2/b22-21+. The van der Waals surface area contributed by atoms with Crippen molar-refractivity contribution in [3.05, 3.63) is 77.4 Å². The first-order valence-corrected chi connectivity index (χ1v) is 8.73. The van der Waals surface area contributed by atoms with E-state index in [1.807, 2.05) is 60.7 Å². The number of hydrogen-bond acceptors (Lipinski definition) is 1. The van der Waals surface area contributed by atoms with E-state index in [1.54, 1.807) is 0 Å². The van der Waals surface area contributed by atoms with E-state index >= 15 is 0 Å². The van der Waals surface area contributed by atoms with Crippen LogP contribution in [0.2, 0.25) is 0 Å². The first kappa shape index (κ1) is 16.3. The minimum absolute atomic E-state index is 0.274. The molecule has 0 spiro atoms. The van der Waals surface area contributed by atoms with Crippen LogP contribution >= 0.6 is 0 Å². The fraction of sp³-hybridized carbons (Fsp3) is 0.261. The van der Waals surface area contributed by atoms with E-state index < -0.39 is 0 Å². The number of carbonyl (C=O) groups is 1. The van der Waals surface area contributed by atoms with Gasteiger partial charge in [-0.2, -0.15) is 0 Å². The smallest absolute Gasteiger partial charge is 0.160 e. The van der Waals surface area contributed by atoms with E-state index in [0.717, 1.165) is 48.0 Å². The van der Waals surface area contributed by atoms with Crippen LogP contribution in [0.25, 0.3) is 5.57 Å². The summed E-state index contributed by atoms with van der Waals surface area (Å²) in [6.07, 6.45) is 5.92. The van der Waals surface area contributed by atoms with Crippen LogP contribution in [-0.2, 0) is 4.79 Å². The molecule has 1 fully saturated rings. The molecule has 0 saturated heterocycles. The van der Waals surface area contributed by atoms with Gasteiger partial charge in [0.2, 0.25) is 0 Å². The van der Waals surface area contributed by atoms with E-state index in [4.69, 9.17) is 0 Å². The second kappa shape index (κ2) is 8.31. The van der Waals surface area contributed by atoms with Crippen molar-refractivity contribution < 1.29 is 4.79 Å². The Hall–Kier alpha value is -2.59. The monoisotopic (exact) mass is 314 g/mol. The van der Waals surface area contributed by atoms with Gasteiger partial charge in [-0.15, -0.1) is 0 Å². The molecule has 1 aliphatic rings. The summed E-state index contributed by atoms with van der Waals surface area (Å²) >= 11 is 0. The zero-order valence-corrected chi connectivity index (χ0v) is 13.9. The number of Topliss-reactive ketones (excluding diaryl/α,β-unsaturated/α-hetero) is 1. The number of rotatable bonds is 1. The third-order valence-electron chi connectivity index (χ3n) is 4.39. The number of ketones is 1.